The van der Waals surface area contributed by atoms with E-state index in [1.165, 1.54) is 6.20 Å². The monoisotopic (exact) mass is 370 g/mol. The molecule has 1 rings (SSSR count). The fourth-order valence-electron chi connectivity index (χ4n) is 1.44. The highest BCUT2D eigenvalue weighted by molar-refractivity contribution is 14.1. The molecule has 0 aliphatic heterocycles. The van der Waals surface area contributed by atoms with Crippen LogP contribution in [0.15, 0.2) is 6.20 Å². The van der Waals surface area contributed by atoms with Crippen LogP contribution in [0.1, 0.15) is 30.2 Å². The van der Waals surface area contributed by atoms with Gasteiger partial charge in [-0.2, -0.15) is 0 Å². The lowest BCUT2D eigenvalue weighted by Gasteiger charge is -2.12. The first-order valence-electron chi connectivity index (χ1n) is 5.31. The number of carbonyl (C=O) groups excluding carboxylic acids is 1. The van der Waals surface area contributed by atoms with Crippen LogP contribution >= 0.6 is 22.6 Å². The summed E-state index contributed by atoms with van der Waals surface area (Å²) in [7, 11) is 0. The Bertz CT molecular complexity index is 441. The van der Waals surface area contributed by atoms with Gasteiger partial charge in [0, 0.05) is 16.3 Å². The van der Waals surface area contributed by atoms with Crippen molar-refractivity contribution in [3.05, 3.63) is 26.6 Å². The van der Waals surface area contributed by atoms with E-state index < -0.39 is 12.4 Å². The maximum atomic E-state index is 13.0. The number of pyridine rings is 1. The Balaban J connectivity index is 3.11. The average molecular weight is 370 g/mol. The van der Waals surface area contributed by atoms with Crippen molar-refractivity contribution in [2.24, 2.45) is 5.73 Å². The van der Waals surface area contributed by atoms with Crippen LogP contribution in [-0.4, -0.2) is 17.6 Å². The van der Waals surface area contributed by atoms with Crippen molar-refractivity contribution in [3.8, 4) is 0 Å². The smallest absolute Gasteiger partial charge is 0.311 e. The fourth-order valence-corrected chi connectivity index (χ4v) is 2.34. The molecular weight excluding hydrogens is 357 g/mol. The van der Waals surface area contributed by atoms with Gasteiger partial charge in [0.05, 0.1) is 24.3 Å². The van der Waals surface area contributed by atoms with Gasteiger partial charge in [-0.05, 0) is 35.1 Å². The van der Waals surface area contributed by atoms with E-state index in [-0.39, 0.29) is 30.8 Å². The molecule has 100 valence electrons. The van der Waals surface area contributed by atoms with Gasteiger partial charge in [0.1, 0.15) is 0 Å². The van der Waals surface area contributed by atoms with Crippen LogP contribution < -0.4 is 5.73 Å². The van der Waals surface area contributed by atoms with Crippen molar-refractivity contribution < 1.29 is 18.3 Å². The molecule has 2 N–H and O–H groups in total. The number of alkyl halides is 2. The van der Waals surface area contributed by atoms with E-state index in [0.29, 0.717) is 9.13 Å². The Morgan fingerprint density at radius 3 is 2.78 bits per heavy atom. The summed E-state index contributed by atoms with van der Waals surface area (Å²) in [5.74, 6) is -0.566. The molecule has 0 amide bonds. The SMILES string of the molecule is CCOC(=O)Cc1ncc(CN)c(I)c1C(F)F. The molecule has 1 heterocycles. The number of carbonyl (C=O) groups is 1. The minimum absolute atomic E-state index is 0.0463. The molecule has 0 saturated heterocycles. The molecule has 0 bridgehead atoms. The van der Waals surface area contributed by atoms with Crippen LogP contribution in [0.25, 0.3) is 0 Å². The molecule has 0 radical (unpaired) electrons. The molecule has 0 spiro atoms. The lowest BCUT2D eigenvalue weighted by atomic mass is 10.1. The molecule has 4 nitrogen and oxygen atoms in total. The van der Waals surface area contributed by atoms with Crippen LogP contribution in [-0.2, 0) is 22.5 Å². The van der Waals surface area contributed by atoms with Gasteiger partial charge in [0.15, 0.2) is 0 Å². The fraction of sp³-hybridized carbons (Fsp3) is 0.455. The molecule has 1 aromatic rings. The number of nitrogens with two attached hydrogens (primary N) is 1. The summed E-state index contributed by atoms with van der Waals surface area (Å²) < 4.78 is 31.1. The first kappa shape index (κ1) is 15.2. The Kier molecular flexibility index (Phi) is 5.86. The van der Waals surface area contributed by atoms with Crippen molar-refractivity contribution in [3.63, 3.8) is 0 Å². The van der Waals surface area contributed by atoms with E-state index in [1.807, 2.05) is 0 Å². The highest BCUT2D eigenvalue weighted by Gasteiger charge is 2.22. The van der Waals surface area contributed by atoms with Crippen molar-refractivity contribution >= 4 is 28.6 Å². The zero-order valence-electron chi connectivity index (χ0n) is 9.75. The molecule has 0 aromatic carbocycles. The predicted octanol–water partition coefficient (Wildman–Crippen LogP) is 2.19. The molecule has 7 heteroatoms. The van der Waals surface area contributed by atoms with Crippen molar-refractivity contribution in [2.75, 3.05) is 6.61 Å². The zero-order valence-corrected chi connectivity index (χ0v) is 11.9. The van der Waals surface area contributed by atoms with Crippen molar-refractivity contribution in [1.29, 1.82) is 0 Å². The topological polar surface area (TPSA) is 65.2 Å². The first-order chi connectivity index (χ1) is 8.51. The van der Waals surface area contributed by atoms with E-state index in [2.05, 4.69) is 4.98 Å². The quantitative estimate of drug-likeness (QED) is 0.638. The van der Waals surface area contributed by atoms with Gasteiger partial charge >= 0.3 is 5.97 Å². The van der Waals surface area contributed by atoms with Gasteiger partial charge in [-0.1, -0.05) is 0 Å². The predicted molar refractivity (Wildman–Crippen MR) is 70.1 cm³/mol. The van der Waals surface area contributed by atoms with Crippen LogP contribution in [0.5, 0.6) is 0 Å². The maximum absolute atomic E-state index is 13.0. The van der Waals surface area contributed by atoms with Crippen LogP contribution in [0.2, 0.25) is 0 Å². The summed E-state index contributed by atoms with van der Waals surface area (Å²) >= 11 is 1.80. The molecule has 18 heavy (non-hydrogen) atoms. The highest BCUT2D eigenvalue weighted by Crippen LogP contribution is 2.29. The van der Waals surface area contributed by atoms with Gasteiger partial charge in [0.25, 0.3) is 6.43 Å². The minimum Gasteiger partial charge on any atom is -0.466 e. The number of hydrogen-bond acceptors (Lipinski definition) is 4. The van der Waals surface area contributed by atoms with E-state index in [9.17, 15) is 13.6 Å². The summed E-state index contributed by atoms with van der Waals surface area (Å²) in [6.07, 6.45) is -1.53. The van der Waals surface area contributed by atoms with Gasteiger partial charge in [-0.15, -0.1) is 0 Å². The third-order valence-corrected chi connectivity index (χ3v) is 3.53. The number of ether oxygens (including phenoxy) is 1. The lowest BCUT2D eigenvalue weighted by molar-refractivity contribution is -0.142. The van der Waals surface area contributed by atoms with Crippen LogP contribution in [0.3, 0.4) is 0 Å². The van der Waals surface area contributed by atoms with Gasteiger partial charge < -0.3 is 10.5 Å². The number of aromatic nitrogens is 1. The maximum Gasteiger partial charge on any atom is 0.311 e. The number of nitrogens with zero attached hydrogens (tertiary/aromatic N) is 1. The largest absolute Gasteiger partial charge is 0.466 e. The average Bonchev–Trinajstić information content (AvgIpc) is 2.29. The summed E-state index contributed by atoms with van der Waals surface area (Å²) in [5, 5.41) is 0. The molecule has 0 fully saturated rings. The van der Waals surface area contributed by atoms with E-state index in [0.717, 1.165) is 0 Å². The van der Waals surface area contributed by atoms with Gasteiger partial charge in [0.2, 0.25) is 0 Å². The van der Waals surface area contributed by atoms with E-state index in [4.69, 9.17) is 10.5 Å². The number of halogens is 3. The number of hydrogen-bond donors (Lipinski definition) is 1. The molecular formula is C11H13F2IN2O2. The summed E-state index contributed by atoms with van der Waals surface area (Å²) in [5.41, 5.74) is 5.79. The second-order valence-electron chi connectivity index (χ2n) is 3.44. The molecule has 0 aliphatic rings. The molecule has 0 saturated carbocycles. The molecule has 0 unspecified atom stereocenters. The molecule has 1 aromatic heterocycles. The van der Waals surface area contributed by atoms with E-state index >= 15 is 0 Å². The second-order valence-corrected chi connectivity index (χ2v) is 4.52. The lowest BCUT2D eigenvalue weighted by Crippen LogP contribution is -2.14. The highest BCUT2D eigenvalue weighted by atomic mass is 127. The summed E-state index contributed by atoms with van der Waals surface area (Å²) in [6.45, 7) is 1.99. The van der Waals surface area contributed by atoms with Crippen LogP contribution in [0, 0.1) is 3.57 Å². The Hall–Kier alpha value is -0.830. The third-order valence-electron chi connectivity index (χ3n) is 2.26. The van der Waals surface area contributed by atoms with Gasteiger partial charge in [-0.25, -0.2) is 8.78 Å². The summed E-state index contributed by atoms with van der Waals surface area (Å²) in [6, 6.07) is 0. The first-order valence-corrected chi connectivity index (χ1v) is 6.39. The summed E-state index contributed by atoms with van der Waals surface area (Å²) in [4.78, 5) is 15.2. The second kappa shape index (κ2) is 6.93. The van der Waals surface area contributed by atoms with Crippen LogP contribution in [0.4, 0.5) is 8.78 Å². The van der Waals surface area contributed by atoms with Crippen molar-refractivity contribution in [1.82, 2.24) is 4.98 Å². The Morgan fingerprint density at radius 2 is 2.28 bits per heavy atom. The number of esters is 1. The Labute approximate surface area is 117 Å². The zero-order chi connectivity index (χ0) is 13.7. The Morgan fingerprint density at radius 1 is 1.61 bits per heavy atom. The number of rotatable bonds is 5. The van der Waals surface area contributed by atoms with E-state index in [1.54, 1.807) is 29.5 Å². The molecule has 0 atom stereocenters. The molecule has 0 aliphatic carbocycles. The normalized spacial score (nSPS) is 10.8. The van der Waals surface area contributed by atoms with Gasteiger partial charge in [-0.3, -0.25) is 9.78 Å². The third kappa shape index (κ3) is 3.58. The van der Waals surface area contributed by atoms with Crippen molar-refractivity contribution in [2.45, 2.75) is 26.3 Å². The standard InChI is InChI=1S/C11H13F2IN2O2/c1-2-18-8(17)3-7-9(11(12)13)10(14)6(4-15)5-16-7/h5,11H,2-4,15H2,1H3. The minimum atomic E-state index is -2.69.